The monoisotopic (exact) mass is 317 g/mol. The summed E-state index contributed by atoms with van der Waals surface area (Å²) < 4.78 is 11.3. The Balaban J connectivity index is 2.56. The molecular weight excluding hydrogens is 286 g/mol. The minimum Gasteiger partial charge on any atom is -0.444 e. The second-order valence-corrected chi connectivity index (χ2v) is 8.19. The Morgan fingerprint density at radius 2 is 2.05 bits per heavy atom. The van der Waals surface area contributed by atoms with Crippen molar-refractivity contribution in [2.75, 3.05) is 18.1 Å². The molecule has 1 aliphatic heterocycles. The Labute approximate surface area is 133 Å². The topological polar surface area (TPSA) is 38.8 Å². The lowest BCUT2D eigenvalue weighted by molar-refractivity contribution is -0.0617. The Kier molecular flexibility index (Phi) is 6.85. The molecular formula is C16H31NO3S. The first-order chi connectivity index (χ1) is 9.67. The van der Waals surface area contributed by atoms with Gasteiger partial charge in [0.2, 0.25) is 0 Å². The number of thioether (sulfide) groups is 1. The first-order valence-electron chi connectivity index (χ1n) is 7.91. The van der Waals surface area contributed by atoms with Crippen molar-refractivity contribution in [3.63, 3.8) is 0 Å². The molecule has 1 amide bonds. The third kappa shape index (κ3) is 6.07. The molecule has 4 nitrogen and oxygen atoms in total. The van der Waals surface area contributed by atoms with Crippen LogP contribution in [0.1, 0.15) is 60.8 Å². The molecule has 0 saturated carbocycles. The maximum atomic E-state index is 12.4. The molecule has 21 heavy (non-hydrogen) atoms. The minimum atomic E-state index is -0.586. The fraction of sp³-hybridized carbons (Fsp3) is 0.938. The van der Waals surface area contributed by atoms with Crippen molar-refractivity contribution in [3.05, 3.63) is 0 Å². The van der Waals surface area contributed by atoms with Gasteiger partial charge in [0.05, 0.1) is 12.6 Å². The third-order valence-electron chi connectivity index (χ3n) is 3.37. The number of unbranched alkanes of at least 4 members (excludes halogenated alkanes) is 2. The first-order valence-corrected chi connectivity index (χ1v) is 9.07. The zero-order valence-electron chi connectivity index (χ0n) is 14.4. The van der Waals surface area contributed by atoms with Crippen molar-refractivity contribution in [2.24, 2.45) is 0 Å². The van der Waals surface area contributed by atoms with E-state index in [0.29, 0.717) is 6.61 Å². The molecule has 0 radical (unpaired) electrons. The molecule has 5 heteroatoms. The van der Waals surface area contributed by atoms with Crippen molar-refractivity contribution in [1.29, 1.82) is 0 Å². The molecule has 0 spiro atoms. The van der Waals surface area contributed by atoms with Crippen molar-refractivity contribution in [2.45, 2.75) is 78.2 Å². The van der Waals surface area contributed by atoms with Gasteiger partial charge in [-0.1, -0.05) is 19.8 Å². The summed E-state index contributed by atoms with van der Waals surface area (Å²) in [4.78, 5) is 14.2. The zero-order chi connectivity index (χ0) is 16.1. The summed E-state index contributed by atoms with van der Waals surface area (Å²) in [6.45, 7) is 12.3. The van der Waals surface area contributed by atoms with Gasteiger partial charge in [-0.15, -0.1) is 0 Å². The molecule has 0 aromatic carbocycles. The van der Waals surface area contributed by atoms with Crippen LogP contribution in [0.15, 0.2) is 0 Å². The molecule has 1 atom stereocenters. The van der Waals surface area contributed by atoms with Crippen LogP contribution in [0, 0.1) is 0 Å². The van der Waals surface area contributed by atoms with Crippen molar-refractivity contribution < 1.29 is 14.3 Å². The molecule has 0 aromatic heterocycles. The van der Waals surface area contributed by atoms with E-state index < -0.39 is 11.3 Å². The lowest BCUT2D eigenvalue weighted by Crippen LogP contribution is -2.50. The van der Waals surface area contributed by atoms with Crippen LogP contribution >= 0.6 is 11.8 Å². The maximum absolute atomic E-state index is 12.4. The maximum Gasteiger partial charge on any atom is 0.412 e. The van der Waals surface area contributed by atoms with Gasteiger partial charge in [-0.2, -0.15) is 11.8 Å². The van der Waals surface area contributed by atoms with E-state index in [0.717, 1.165) is 11.5 Å². The summed E-state index contributed by atoms with van der Waals surface area (Å²) in [5.74, 6) is 2.05. The van der Waals surface area contributed by atoms with Crippen LogP contribution in [-0.2, 0) is 9.47 Å². The molecule has 1 saturated heterocycles. The number of hydrogen-bond donors (Lipinski definition) is 0. The van der Waals surface area contributed by atoms with Crippen LogP contribution < -0.4 is 0 Å². The molecule has 0 aliphatic carbocycles. The molecule has 124 valence electrons. The van der Waals surface area contributed by atoms with Crippen LogP contribution in [0.4, 0.5) is 4.79 Å². The fourth-order valence-corrected chi connectivity index (χ4v) is 3.45. The highest BCUT2D eigenvalue weighted by Gasteiger charge is 2.45. The van der Waals surface area contributed by atoms with Gasteiger partial charge in [0, 0.05) is 5.75 Å². The smallest absolute Gasteiger partial charge is 0.412 e. The van der Waals surface area contributed by atoms with E-state index in [4.69, 9.17) is 9.47 Å². The normalized spacial score (nSPS) is 21.6. The number of rotatable bonds is 6. The van der Waals surface area contributed by atoms with E-state index in [2.05, 4.69) is 6.92 Å². The van der Waals surface area contributed by atoms with Gasteiger partial charge in [-0.3, -0.25) is 4.90 Å². The van der Waals surface area contributed by atoms with Crippen molar-refractivity contribution >= 4 is 17.9 Å². The summed E-state index contributed by atoms with van der Waals surface area (Å²) in [5.41, 5.74) is -1.06. The van der Waals surface area contributed by atoms with Crippen LogP contribution in [-0.4, -0.2) is 46.5 Å². The van der Waals surface area contributed by atoms with E-state index in [1.54, 1.807) is 4.90 Å². The van der Waals surface area contributed by atoms with Gasteiger partial charge in [0.15, 0.2) is 0 Å². The number of carbonyl (C=O) groups is 1. The van der Waals surface area contributed by atoms with Crippen LogP contribution in [0.25, 0.3) is 0 Å². The number of carbonyl (C=O) groups excluding carboxylic acids is 1. The van der Waals surface area contributed by atoms with E-state index >= 15 is 0 Å². The SMILES string of the molecule is CCCCCSC[C@@H]1COC(C)(C)N1C(=O)OC(C)(C)C. The Bertz CT molecular complexity index is 339. The highest BCUT2D eigenvalue weighted by molar-refractivity contribution is 7.99. The Morgan fingerprint density at radius 3 is 2.62 bits per heavy atom. The standard InChI is InChI=1S/C16H31NO3S/c1-7-8-9-10-21-12-13-11-19-16(5,6)17(13)14(18)20-15(2,3)4/h13H,7-12H2,1-6H3/t13-/m0/s1. The molecule has 0 N–H and O–H groups in total. The lowest BCUT2D eigenvalue weighted by atomic mass is 10.2. The zero-order valence-corrected chi connectivity index (χ0v) is 15.2. The summed E-state index contributed by atoms with van der Waals surface area (Å²) in [6.07, 6.45) is 3.48. The second-order valence-electron chi connectivity index (χ2n) is 7.04. The predicted octanol–water partition coefficient (Wildman–Crippen LogP) is 4.28. The van der Waals surface area contributed by atoms with Crippen LogP contribution in [0.5, 0.6) is 0 Å². The van der Waals surface area contributed by atoms with Gasteiger partial charge in [0.1, 0.15) is 11.3 Å². The quantitative estimate of drug-likeness (QED) is 0.685. The molecule has 0 bridgehead atoms. The summed E-state index contributed by atoms with van der Waals surface area (Å²) in [7, 11) is 0. The van der Waals surface area contributed by atoms with Gasteiger partial charge in [0.25, 0.3) is 0 Å². The number of ether oxygens (including phenoxy) is 2. The van der Waals surface area contributed by atoms with Gasteiger partial charge >= 0.3 is 6.09 Å². The number of nitrogens with zero attached hydrogens (tertiary/aromatic N) is 1. The predicted molar refractivity (Wildman–Crippen MR) is 88.7 cm³/mol. The molecule has 1 fully saturated rings. The first kappa shape index (κ1) is 18.6. The minimum absolute atomic E-state index is 0.0986. The lowest BCUT2D eigenvalue weighted by Gasteiger charge is -2.35. The summed E-state index contributed by atoms with van der Waals surface area (Å²) >= 11 is 1.90. The molecule has 1 heterocycles. The van der Waals surface area contributed by atoms with E-state index in [1.165, 1.54) is 19.3 Å². The Hall–Kier alpha value is -0.420. The highest BCUT2D eigenvalue weighted by atomic mass is 32.2. The van der Waals surface area contributed by atoms with Gasteiger partial charge in [-0.25, -0.2) is 4.79 Å². The molecule has 1 aliphatic rings. The van der Waals surface area contributed by atoms with E-state index in [1.807, 2.05) is 46.4 Å². The average Bonchev–Trinajstić information content (AvgIpc) is 2.62. The Morgan fingerprint density at radius 1 is 1.38 bits per heavy atom. The molecule has 0 unspecified atom stereocenters. The van der Waals surface area contributed by atoms with Crippen LogP contribution in [0.3, 0.4) is 0 Å². The summed E-state index contributed by atoms with van der Waals surface area (Å²) in [5, 5.41) is 0. The fourth-order valence-electron chi connectivity index (χ4n) is 2.36. The van der Waals surface area contributed by atoms with Gasteiger partial charge < -0.3 is 9.47 Å². The second kappa shape index (κ2) is 7.73. The molecule has 1 rings (SSSR count). The molecule has 0 aromatic rings. The van der Waals surface area contributed by atoms with Gasteiger partial charge in [-0.05, 0) is 46.8 Å². The third-order valence-corrected chi connectivity index (χ3v) is 4.56. The number of amides is 1. The van der Waals surface area contributed by atoms with Crippen molar-refractivity contribution in [1.82, 2.24) is 4.90 Å². The van der Waals surface area contributed by atoms with Crippen molar-refractivity contribution in [3.8, 4) is 0 Å². The van der Waals surface area contributed by atoms with Crippen LogP contribution in [0.2, 0.25) is 0 Å². The van der Waals surface area contributed by atoms with E-state index in [-0.39, 0.29) is 12.1 Å². The van der Waals surface area contributed by atoms with E-state index in [9.17, 15) is 4.79 Å². The summed E-state index contributed by atoms with van der Waals surface area (Å²) in [6, 6.07) is 0.0986. The highest BCUT2D eigenvalue weighted by Crippen LogP contribution is 2.31. The number of hydrogen-bond acceptors (Lipinski definition) is 4. The average molecular weight is 317 g/mol. The largest absolute Gasteiger partial charge is 0.444 e.